The summed E-state index contributed by atoms with van der Waals surface area (Å²) in [4.78, 5) is 28.6. The van der Waals surface area contributed by atoms with E-state index in [-0.39, 0.29) is 11.1 Å². The topological polar surface area (TPSA) is 81.8 Å². The predicted octanol–water partition coefficient (Wildman–Crippen LogP) is 0.950. The van der Waals surface area contributed by atoms with Crippen molar-refractivity contribution in [3.8, 4) is 0 Å². The van der Waals surface area contributed by atoms with Gasteiger partial charge in [-0.05, 0) is 18.6 Å². The van der Waals surface area contributed by atoms with Gasteiger partial charge in [0.25, 0.3) is 5.91 Å². The minimum Gasteiger partial charge on any atom is -0.350 e. The van der Waals surface area contributed by atoms with Gasteiger partial charge in [-0.25, -0.2) is 4.98 Å². The van der Waals surface area contributed by atoms with Crippen molar-refractivity contribution in [1.29, 1.82) is 0 Å². The number of aromatic nitrogens is 4. The van der Waals surface area contributed by atoms with Crippen LogP contribution in [0.1, 0.15) is 16.9 Å². The second-order valence-corrected chi connectivity index (χ2v) is 5.23. The van der Waals surface area contributed by atoms with Crippen LogP contribution in [0.2, 0.25) is 0 Å². The first-order chi connectivity index (χ1) is 11.2. The summed E-state index contributed by atoms with van der Waals surface area (Å²) >= 11 is 0. The predicted molar refractivity (Wildman–Crippen MR) is 86.2 cm³/mol. The van der Waals surface area contributed by atoms with E-state index in [1.54, 1.807) is 42.5 Å². The highest BCUT2D eigenvalue weighted by Gasteiger charge is 2.15. The Morgan fingerprint density at radius 3 is 2.91 bits per heavy atom. The Morgan fingerprint density at radius 2 is 2.13 bits per heavy atom. The molecule has 0 saturated heterocycles. The molecule has 0 unspecified atom stereocenters. The zero-order chi connectivity index (χ0) is 16.2. The normalized spacial score (nSPS) is 10.8. The highest BCUT2D eigenvalue weighted by atomic mass is 16.2. The number of imidazole rings is 1. The third-order valence-electron chi connectivity index (χ3n) is 3.62. The molecule has 3 rings (SSSR count). The van der Waals surface area contributed by atoms with Crippen LogP contribution in [0.5, 0.6) is 0 Å². The summed E-state index contributed by atoms with van der Waals surface area (Å²) in [6.45, 7) is 1.22. The van der Waals surface area contributed by atoms with Crippen LogP contribution in [0.15, 0.2) is 47.8 Å². The molecule has 1 aromatic carbocycles. The van der Waals surface area contributed by atoms with Gasteiger partial charge in [0, 0.05) is 37.9 Å². The lowest BCUT2D eigenvalue weighted by molar-refractivity contribution is 0.0945. The average Bonchev–Trinajstić information content (AvgIpc) is 3.08. The molecule has 0 fully saturated rings. The first-order valence-corrected chi connectivity index (χ1v) is 7.37. The number of aryl methyl sites for hydroxylation is 2. The molecule has 2 aromatic heterocycles. The highest BCUT2D eigenvalue weighted by Crippen LogP contribution is 2.07. The fourth-order valence-electron chi connectivity index (χ4n) is 2.44. The molecule has 0 aliphatic heterocycles. The zero-order valence-electron chi connectivity index (χ0n) is 12.8. The fraction of sp³-hybridized carbons (Fsp3) is 0.250. The third-order valence-corrected chi connectivity index (χ3v) is 3.62. The van der Waals surface area contributed by atoms with Crippen molar-refractivity contribution < 1.29 is 4.79 Å². The molecule has 7 nitrogen and oxygen atoms in total. The largest absolute Gasteiger partial charge is 0.350 e. The van der Waals surface area contributed by atoms with Gasteiger partial charge >= 0.3 is 0 Å². The van der Waals surface area contributed by atoms with E-state index in [1.807, 2.05) is 16.8 Å². The van der Waals surface area contributed by atoms with E-state index in [0.29, 0.717) is 17.4 Å². The SMILES string of the molecule is Cn1nc(C(=O)NCCCn2ccnc2)c(=O)c2ccccc21. The molecule has 3 aromatic rings. The van der Waals surface area contributed by atoms with Gasteiger partial charge in [-0.3, -0.25) is 14.3 Å². The Labute approximate surface area is 132 Å². The minimum absolute atomic E-state index is 0.0752. The second kappa shape index (κ2) is 6.43. The minimum atomic E-state index is -0.443. The quantitative estimate of drug-likeness (QED) is 0.711. The van der Waals surface area contributed by atoms with Crippen LogP contribution < -0.4 is 10.7 Å². The number of hydrogen-bond acceptors (Lipinski definition) is 4. The number of rotatable bonds is 5. The zero-order valence-corrected chi connectivity index (χ0v) is 12.8. The Bertz CT molecular complexity index is 883. The summed E-state index contributed by atoms with van der Waals surface area (Å²) in [5.41, 5.74) is 0.286. The molecule has 118 valence electrons. The standard InChI is InChI=1S/C16H17N5O2/c1-20-13-6-3-2-5-12(13)15(22)14(19-20)16(23)18-7-4-9-21-10-8-17-11-21/h2-3,5-6,8,10-11H,4,7,9H2,1H3,(H,18,23). The Morgan fingerprint density at radius 1 is 1.30 bits per heavy atom. The number of fused-ring (bicyclic) bond motifs is 1. The Hall–Kier alpha value is -2.96. The first kappa shape index (κ1) is 15.0. The molecule has 0 saturated carbocycles. The number of nitrogens with one attached hydrogen (secondary N) is 1. The van der Waals surface area contributed by atoms with Crippen LogP contribution >= 0.6 is 0 Å². The maximum atomic E-state index is 12.4. The van der Waals surface area contributed by atoms with Gasteiger partial charge < -0.3 is 9.88 Å². The molecular formula is C16H17N5O2. The second-order valence-electron chi connectivity index (χ2n) is 5.23. The summed E-state index contributed by atoms with van der Waals surface area (Å²) in [5.74, 6) is -0.443. The number of amides is 1. The van der Waals surface area contributed by atoms with Gasteiger partial charge in [-0.1, -0.05) is 12.1 Å². The summed E-state index contributed by atoms with van der Waals surface area (Å²) in [7, 11) is 1.72. The summed E-state index contributed by atoms with van der Waals surface area (Å²) in [6.07, 6.45) is 6.04. The van der Waals surface area contributed by atoms with Crippen molar-refractivity contribution in [2.45, 2.75) is 13.0 Å². The highest BCUT2D eigenvalue weighted by molar-refractivity contribution is 5.95. The van der Waals surface area contributed by atoms with Crippen LogP contribution in [0.3, 0.4) is 0 Å². The van der Waals surface area contributed by atoms with Crippen molar-refractivity contribution in [1.82, 2.24) is 24.6 Å². The number of hydrogen-bond donors (Lipinski definition) is 1. The Balaban J connectivity index is 1.71. The number of benzene rings is 1. The first-order valence-electron chi connectivity index (χ1n) is 7.37. The molecule has 1 N–H and O–H groups in total. The van der Waals surface area contributed by atoms with Crippen molar-refractivity contribution in [3.05, 3.63) is 58.9 Å². The molecule has 0 aliphatic carbocycles. The van der Waals surface area contributed by atoms with Gasteiger partial charge in [0.15, 0.2) is 5.69 Å². The molecule has 1 amide bonds. The third kappa shape index (κ3) is 3.13. The van der Waals surface area contributed by atoms with Crippen LogP contribution in [0.25, 0.3) is 10.9 Å². The average molecular weight is 311 g/mol. The monoisotopic (exact) mass is 311 g/mol. The van der Waals surface area contributed by atoms with E-state index in [0.717, 1.165) is 13.0 Å². The molecule has 23 heavy (non-hydrogen) atoms. The van der Waals surface area contributed by atoms with Crippen LogP contribution in [0.4, 0.5) is 0 Å². The van der Waals surface area contributed by atoms with E-state index >= 15 is 0 Å². The van der Waals surface area contributed by atoms with Crippen molar-refractivity contribution >= 4 is 16.8 Å². The molecule has 2 heterocycles. The molecule has 7 heteroatoms. The van der Waals surface area contributed by atoms with E-state index in [9.17, 15) is 9.59 Å². The molecule has 0 spiro atoms. The van der Waals surface area contributed by atoms with Crippen molar-refractivity contribution in [2.24, 2.45) is 7.05 Å². The number of carbonyl (C=O) groups excluding carboxylic acids is 1. The van der Waals surface area contributed by atoms with Gasteiger partial charge in [0.2, 0.25) is 5.43 Å². The van der Waals surface area contributed by atoms with Crippen LogP contribution in [-0.2, 0) is 13.6 Å². The number of para-hydroxylation sites is 1. The lowest BCUT2D eigenvalue weighted by atomic mass is 10.2. The molecular weight excluding hydrogens is 294 g/mol. The van der Waals surface area contributed by atoms with Gasteiger partial charge in [-0.2, -0.15) is 5.10 Å². The van der Waals surface area contributed by atoms with Gasteiger partial charge in [-0.15, -0.1) is 0 Å². The smallest absolute Gasteiger partial charge is 0.275 e. The summed E-state index contributed by atoms with van der Waals surface area (Å²) < 4.78 is 3.48. The molecule has 0 aliphatic rings. The summed E-state index contributed by atoms with van der Waals surface area (Å²) in [5, 5.41) is 7.35. The van der Waals surface area contributed by atoms with E-state index < -0.39 is 5.91 Å². The van der Waals surface area contributed by atoms with Crippen LogP contribution in [-0.4, -0.2) is 31.8 Å². The van der Waals surface area contributed by atoms with E-state index in [2.05, 4.69) is 15.4 Å². The molecule has 0 radical (unpaired) electrons. The van der Waals surface area contributed by atoms with Crippen molar-refractivity contribution in [2.75, 3.05) is 6.54 Å². The lowest BCUT2D eigenvalue weighted by Crippen LogP contribution is -2.32. The maximum Gasteiger partial charge on any atom is 0.275 e. The molecule has 0 atom stereocenters. The lowest BCUT2D eigenvalue weighted by Gasteiger charge is -2.08. The number of carbonyl (C=O) groups is 1. The fourth-order valence-corrected chi connectivity index (χ4v) is 2.44. The van der Waals surface area contributed by atoms with Gasteiger partial charge in [0.05, 0.1) is 11.8 Å². The maximum absolute atomic E-state index is 12.4. The van der Waals surface area contributed by atoms with E-state index in [4.69, 9.17) is 0 Å². The van der Waals surface area contributed by atoms with Crippen LogP contribution in [0, 0.1) is 0 Å². The van der Waals surface area contributed by atoms with Gasteiger partial charge in [0.1, 0.15) is 0 Å². The Kier molecular flexibility index (Phi) is 4.18. The van der Waals surface area contributed by atoms with E-state index in [1.165, 1.54) is 0 Å². The van der Waals surface area contributed by atoms with Crippen molar-refractivity contribution in [3.63, 3.8) is 0 Å². The summed E-state index contributed by atoms with van der Waals surface area (Å²) in [6, 6.07) is 7.11. The number of nitrogens with zero attached hydrogens (tertiary/aromatic N) is 4. The molecule has 0 bridgehead atoms.